The Morgan fingerprint density at radius 1 is 1.56 bits per heavy atom. The average Bonchev–Trinajstić information content (AvgIpc) is 1.64. The zero-order chi connectivity index (χ0) is 7.44. The third kappa shape index (κ3) is 1.94. The molecule has 0 spiro atoms. The smallest absolute Gasteiger partial charge is 0.251 e. The minimum Gasteiger partial charge on any atom is -0.402 e. The summed E-state index contributed by atoms with van der Waals surface area (Å²) in [5.41, 5.74) is 10.3. The van der Waals surface area contributed by atoms with E-state index in [9.17, 15) is 4.79 Å². The molecule has 0 aliphatic carbocycles. The molecule has 1 amide bonds. The van der Waals surface area contributed by atoms with Gasteiger partial charge in [-0.3, -0.25) is 4.79 Å². The fraction of sp³-hybridized carbons (Fsp3) is 0.200. The second-order valence-electron chi connectivity index (χ2n) is 1.61. The minimum atomic E-state index is -0.662. The lowest BCUT2D eigenvalue weighted by Gasteiger charge is -1.94. The van der Waals surface area contributed by atoms with Crippen molar-refractivity contribution in [2.45, 2.75) is 6.92 Å². The fourth-order valence-corrected chi connectivity index (χ4v) is 0.379. The Kier molecular flexibility index (Phi) is 2.44. The van der Waals surface area contributed by atoms with Crippen molar-refractivity contribution in [3.8, 4) is 0 Å². The Labute approximate surface area is 53.0 Å². The van der Waals surface area contributed by atoms with Crippen molar-refractivity contribution in [1.82, 2.24) is 0 Å². The van der Waals surface area contributed by atoms with Crippen LogP contribution in [0.25, 0.3) is 0 Å². The van der Waals surface area contributed by atoms with Crippen molar-refractivity contribution in [3.63, 3.8) is 0 Å². The first-order valence-electron chi connectivity index (χ1n) is 2.36. The Hall–Kier alpha value is -1.32. The lowest BCUT2D eigenvalue weighted by Crippen LogP contribution is -2.18. The highest BCUT2D eigenvalue weighted by atomic mass is 16.1. The fourth-order valence-electron chi connectivity index (χ4n) is 0.379. The molecule has 0 fully saturated rings. The predicted molar refractivity (Wildman–Crippen MR) is 34.9 cm³/mol. The molecule has 0 aromatic carbocycles. The lowest BCUT2D eigenvalue weighted by atomic mass is 10.2. The molecule has 0 aromatic rings. The third-order valence-electron chi connectivity index (χ3n) is 0.835. The van der Waals surface area contributed by atoms with E-state index in [2.05, 4.69) is 0 Å². The molecule has 0 radical (unpaired) electrons. The van der Waals surface area contributed by atoms with Gasteiger partial charge in [-0.1, -0.05) is 0 Å². The summed E-state index contributed by atoms with van der Waals surface area (Å²) >= 11 is 0. The van der Waals surface area contributed by atoms with E-state index in [1.807, 2.05) is 0 Å². The van der Waals surface area contributed by atoms with Crippen LogP contribution in [0.4, 0.5) is 0 Å². The normalized spacial score (nSPS) is 12.1. The number of nitrogens with one attached hydrogen (secondary N) is 1. The molecule has 0 aromatic heterocycles. The number of hydrogen-bond donors (Lipinski definition) is 3. The molecule has 0 unspecified atom stereocenters. The molecule has 0 bridgehead atoms. The number of carbonyl (C=O) groups is 1. The van der Waals surface area contributed by atoms with Crippen LogP contribution >= 0.6 is 0 Å². The molecule has 4 heteroatoms. The second-order valence-corrected chi connectivity index (χ2v) is 1.61. The van der Waals surface area contributed by atoms with Gasteiger partial charge in [0.2, 0.25) is 0 Å². The van der Waals surface area contributed by atoms with Gasteiger partial charge in [0, 0.05) is 11.9 Å². The molecule has 0 aliphatic heterocycles. The van der Waals surface area contributed by atoms with Gasteiger partial charge in [0.15, 0.2) is 0 Å². The van der Waals surface area contributed by atoms with Crippen molar-refractivity contribution >= 4 is 12.1 Å². The van der Waals surface area contributed by atoms with Crippen LogP contribution in [0.2, 0.25) is 0 Å². The quantitative estimate of drug-likeness (QED) is 0.340. The number of primary amides is 1. The van der Waals surface area contributed by atoms with E-state index < -0.39 is 5.91 Å². The topological polar surface area (TPSA) is 93.0 Å². The molecule has 4 nitrogen and oxygen atoms in total. The van der Waals surface area contributed by atoms with Crippen LogP contribution in [0.1, 0.15) is 6.92 Å². The predicted octanol–water partition coefficient (Wildman–Crippen LogP) is -0.646. The molecule has 0 heterocycles. The first-order chi connectivity index (χ1) is 4.09. The van der Waals surface area contributed by atoms with E-state index in [0.29, 0.717) is 0 Å². The maximum atomic E-state index is 10.3. The van der Waals surface area contributed by atoms with E-state index in [-0.39, 0.29) is 11.3 Å². The zero-order valence-corrected chi connectivity index (χ0v) is 5.14. The molecule has 0 saturated carbocycles. The zero-order valence-electron chi connectivity index (χ0n) is 5.14. The Bertz CT molecular complexity index is 167. The highest BCUT2D eigenvalue weighted by molar-refractivity contribution is 6.11. The number of rotatable bonds is 2. The number of hydrogen-bond acceptors (Lipinski definition) is 3. The van der Waals surface area contributed by atoms with E-state index in [4.69, 9.17) is 16.9 Å². The van der Waals surface area contributed by atoms with Crippen LogP contribution in [0.15, 0.2) is 11.3 Å². The molecule has 5 N–H and O–H groups in total. The van der Waals surface area contributed by atoms with Crippen LogP contribution < -0.4 is 11.5 Å². The van der Waals surface area contributed by atoms with Crippen molar-refractivity contribution < 1.29 is 4.79 Å². The number of carbonyl (C=O) groups excluding carboxylic acids is 1. The molecule has 0 saturated heterocycles. The maximum absolute atomic E-state index is 10.3. The molecule has 0 rings (SSSR count). The first-order valence-corrected chi connectivity index (χ1v) is 2.36. The number of allylic oxidation sites excluding steroid dienone is 1. The molecular weight excluding hydrogens is 118 g/mol. The van der Waals surface area contributed by atoms with Gasteiger partial charge < -0.3 is 16.9 Å². The van der Waals surface area contributed by atoms with Gasteiger partial charge in [-0.2, -0.15) is 0 Å². The molecular formula is C5H9N3O. The number of nitrogens with two attached hydrogens (primary N) is 2. The van der Waals surface area contributed by atoms with E-state index >= 15 is 0 Å². The molecule has 0 aliphatic rings. The molecule has 0 atom stereocenters. The Morgan fingerprint density at radius 3 is 2.00 bits per heavy atom. The van der Waals surface area contributed by atoms with E-state index in [1.165, 1.54) is 6.92 Å². The summed E-state index contributed by atoms with van der Waals surface area (Å²) < 4.78 is 0. The highest BCUT2D eigenvalue weighted by Crippen LogP contribution is 1.91. The standard InChI is InChI=1S/C5H9N3O/c1-3(7)4(2-6)5(8)9/h2,6H,7H2,1H3,(H2,8,9)/b4-3+,6-2?. The van der Waals surface area contributed by atoms with E-state index in [0.717, 1.165) is 6.21 Å². The van der Waals surface area contributed by atoms with Gasteiger partial charge in [0.1, 0.15) is 0 Å². The molecule has 9 heavy (non-hydrogen) atoms. The summed E-state index contributed by atoms with van der Waals surface area (Å²) in [6, 6.07) is 0. The van der Waals surface area contributed by atoms with E-state index in [1.54, 1.807) is 0 Å². The van der Waals surface area contributed by atoms with Crippen LogP contribution in [0, 0.1) is 5.41 Å². The largest absolute Gasteiger partial charge is 0.402 e. The second kappa shape index (κ2) is 2.86. The summed E-state index contributed by atoms with van der Waals surface area (Å²) in [7, 11) is 0. The van der Waals surface area contributed by atoms with Crippen molar-refractivity contribution in [1.29, 1.82) is 5.41 Å². The van der Waals surface area contributed by atoms with Gasteiger partial charge >= 0.3 is 0 Å². The Morgan fingerprint density at radius 2 is 2.00 bits per heavy atom. The summed E-state index contributed by atoms with van der Waals surface area (Å²) in [6.07, 6.45) is 0.845. The third-order valence-corrected chi connectivity index (χ3v) is 0.835. The average molecular weight is 127 g/mol. The Balaban J connectivity index is 4.55. The minimum absolute atomic E-state index is 0.0648. The van der Waals surface area contributed by atoms with Gasteiger partial charge in [0.05, 0.1) is 5.57 Å². The SMILES string of the molecule is C/C(N)=C(/C=N)C(N)=O. The van der Waals surface area contributed by atoms with Crippen LogP contribution in [-0.2, 0) is 4.79 Å². The summed E-state index contributed by atoms with van der Waals surface area (Å²) in [6.45, 7) is 1.52. The lowest BCUT2D eigenvalue weighted by molar-refractivity contribution is -0.114. The first kappa shape index (κ1) is 7.68. The monoisotopic (exact) mass is 127 g/mol. The summed E-state index contributed by atoms with van der Waals surface area (Å²) in [5.74, 6) is -0.662. The van der Waals surface area contributed by atoms with Gasteiger partial charge in [-0.05, 0) is 6.92 Å². The van der Waals surface area contributed by atoms with Gasteiger partial charge in [-0.15, -0.1) is 0 Å². The van der Waals surface area contributed by atoms with Crippen LogP contribution in [-0.4, -0.2) is 12.1 Å². The number of amides is 1. The van der Waals surface area contributed by atoms with Crippen molar-refractivity contribution in [2.75, 3.05) is 0 Å². The summed E-state index contributed by atoms with van der Waals surface area (Å²) in [5, 5.41) is 6.66. The van der Waals surface area contributed by atoms with Gasteiger partial charge in [0.25, 0.3) is 5.91 Å². The summed E-state index contributed by atoms with van der Waals surface area (Å²) in [4.78, 5) is 10.3. The van der Waals surface area contributed by atoms with Crippen molar-refractivity contribution in [2.24, 2.45) is 11.5 Å². The van der Waals surface area contributed by atoms with Crippen molar-refractivity contribution in [3.05, 3.63) is 11.3 Å². The van der Waals surface area contributed by atoms with Crippen LogP contribution in [0.5, 0.6) is 0 Å². The maximum Gasteiger partial charge on any atom is 0.251 e. The van der Waals surface area contributed by atoms with Gasteiger partial charge in [-0.25, -0.2) is 0 Å². The van der Waals surface area contributed by atoms with Crippen LogP contribution in [0.3, 0.4) is 0 Å². The highest BCUT2D eigenvalue weighted by Gasteiger charge is 2.01. The molecule has 50 valence electrons.